The number of carbonyl (C=O) groups excluding carboxylic acids is 1. The highest BCUT2D eigenvalue weighted by Crippen LogP contribution is 2.23. The van der Waals surface area contributed by atoms with Crippen LogP contribution in [0.15, 0.2) is 53.3 Å². The van der Waals surface area contributed by atoms with E-state index in [4.69, 9.17) is 11.6 Å². The minimum Gasteiger partial charge on any atom is -0.494 e. The molecule has 5 nitrogen and oxygen atoms in total. The fraction of sp³-hybridized carbons (Fsp3) is 0. The lowest BCUT2D eigenvalue weighted by Crippen LogP contribution is -2.16. The number of fused-ring (bicyclic) bond motifs is 1. The predicted molar refractivity (Wildman–Crippen MR) is 85.6 cm³/mol. The van der Waals surface area contributed by atoms with Gasteiger partial charge in [0, 0.05) is 21.5 Å². The van der Waals surface area contributed by atoms with Crippen molar-refractivity contribution in [2.75, 3.05) is 5.32 Å². The first-order valence-electron chi connectivity index (χ1n) is 6.47. The maximum Gasteiger partial charge on any atom is 0.261 e. The maximum atomic E-state index is 12.4. The van der Waals surface area contributed by atoms with Crippen molar-refractivity contribution in [2.45, 2.75) is 0 Å². The molecule has 0 saturated heterocycles. The minimum atomic E-state index is -0.521. The van der Waals surface area contributed by atoms with Crippen LogP contribution < -0.4 is 10.9 Å². The lowest BCUT2D eigenvalue weighted by Gasteiger charge is -2.09. The highest BCUT2D eigenvalue weighted by atomic mass is 35.5. The monoisotopic (exact) mass is 314 g/mol. The number of aromatic nitrogens is 1. The molecule has 0 unspecified atom stereocenters. The van der Waals surface area contributed by atoms with E-state index in [1.54, 1.807) is 48.5 Å². The smallest absolute Gasteiger partial charge is 0.261 e. The summed E-state index contributed by atoms with van der Waals surface area (Å²) in [4.78, 5) is 26.5. The molecule has 2 aromatic carbocycles. The Balaban J connectivity index is 2.07. The summed E-state index contributed by atoms with van der Waals surface area (Å²) in [5.41, 5.74) is 0.102. The molecule has 3 N–H and O–H groups in total. The summed E-state index contributed by atoms with van der Waals surface area (Å²) in [5.74, 6) is -0.984. The van der Waals surface area contributed by atoms with Gasteiger partial charge in [0.05, 0.1) is 0 Å². The second-order valence-electron chi connectivity index (χ2n) is 4.68. The van der Waals surface area contributed by atoms with Crippen LogP contribution in [0.3, 0.4) is 0 Å². The number of carbonyl (C=O) groups is 1. The second kappa shape index (κ2) is 5.54. The summed E-state index contributed by atoms with van der Waals surface area (Å²) in [5, 5.41) is 13.9. The van der Waals surface area contributed by atoms with E-state index >= 15 is 0 Å². The standard InChI is InChI=1S/C16H11ClN2O3/c17-9-5-7-10(8-6-9)18-15(21)13-11-3-1-2-4-12(11)14(20)19-16(13)22/h1-8H,(H,18,21)(H2,19,20,22). The quantitative estimate of drug-likeness (QED) is 0.679. The Bertz CT molecular complexity index is 917. The van der Waals surface area contributed by atoms with Crippen LogP contribution in [0.2, 0.25) is 5.02 Å². The van der Waals surface area contributed by atoms with E-state index in [1.165, 1.54) is 0 Å². The van der Waals surface area contributed by atoms with Gasteiger partial charge in [0.15, 0.2) is 0 Å². The van der Waals surface area contributed by atoms with Crippen LogP contribution in [0, 0.1) is 0 Å². The van der Waals surface area contributed by atoms with E-state index in [2.05, 4.69) is 10.3 Å². The van der Waals surface area contributed by atoms with Gasteiger partial charge in [0.1, 0.15) is 5.56 Å². The average molecular weight is 315 g/mol. The summed E-state index contributed by atoms with van der Waals surface area (Å²) < 4.78 is 0. The third-order valence-electron chi connectivity index (χ3n) is 3.24. The highest BCUT2D eigenvalue weighted by Gasteiger charge is 2.17. The Hall–Kier alpha value is -2.79. The molecule has 0 saturated carbocycles. The predicted octanol–water partition coefficient (Wildman–Crippen LogP) is 3.14. The third kappa shape index (κ3) is 2.54. The molecule has 0 aliphatic carbocycles. The van der Waals surface area contributed by atoms with Crippen LogP contribution in [-0.4, -0.2) is 16.0 Å². The van der Waals surface area contributed by atoms with Gasteiger partial charge in [-0.3, -0.25) is 14.6 Å². The number of anilines is 1. The molecule has 0 fully saturated rings. The number of nitrogens with one attached hydrogen (secondary N) is 2. The number of benzene rings is 2. The van der Waals surface area contributed by atoms with Crippen molar-refractivity contribution in [1.82, 2.24) is 4.98 Å². The first-order valence-corrected chi connectivity index (χ1v) is 6.85. The highest BCUT2D eigenvalue weighted by molar-refractivity contribution is 6.30. The molecule has 0 aliphatic rings. The van der Waals surface area contributed by atoms with Gasteiger partial charge >= 0.3 is 0 Å². The van der Waals surface area contributed by atoms with E-state index < -0.39 is 17.3 Å². The van der Waals surface area contributed by atoms with E-state index in [1.807, 2.05) is 0 Å². The second-order valence-corrected chi connectivity index (χ2v) is 5.12. The zero-order valence-corrected chi connectivity index (χ0v) is 12.0. The normalized spacial score (nSPS) is 10.6. The number of aromatic hydroxyl groups is 1. The van der Waals surface area contributed by atoms with Crippen LogP contribution in [0.1, 0.15) is 10.4 Å². The van der Waals surface area contributed by atoms with Crippen LogP contribution in [-0.2, 0) is 0 Å². The maximum absolute atomic E-state index is 12.4. The first kappa shape index (κ1) is 14.2. The van der Waals surface area contributed by atoms with Crippen molar-refractivity contribution in [1.29, 1.82) is 0 Å². The van der Waals surface area contributed by atoms with Crippen molar-refractivity contribution in [3.63, 3.8) is 0 Å². The lowest BCUT2D eigenvalue weighted by atomic mass is 10.1. The summed E-state index contributed by atoms with van der Waals surface area (Å²) in [6.07, 6.45) is 0. The van der Waals surface area contributed by atoms with Gasteiger partial charge in [-0.15, -0.1) is 0 Å². The molecule has 110 valence electrons. The topological polar surface area (TPSA) is 82.2 Å². The molecule has 0 aliphatic heterocycles. The molecule has 0 bridgehead atoms. The van der Waals surface area contributed by atoms with Crippen molar-refractivity contribution in [3.05, 3.63) is 69.5 Å². The van der Waals surface area contributed by atoms with E-state index in [-0.39, 0.29) is 5.56 Å². The van der Waals surface area contributed by atoms with Gasteiger partial charge in [-0.05, 0) is 30.3 Å². The number of halogens is 1. The Morgan fingerprint density at radius 3 is 2.36 bits per heavy atom. The van der Waals surface area contributed by atoms with Gasteiger partial charge in [-0.2, -0.15) is 0 Å². The van der Waals surface area contributed by atoms with Crippen molar-refractivity contribution < 1.29 is 9.90 Å². The van der Waals surface area contributed by atoms with Gasteiger partial charge in [0.25, 0.3) is 11.5 Å². The fourth-order valence-electron chi connectivity index (χ4n) is 2.22. The molecule has 1 heterocycles. The van der Waals surface area contributed by atoms with Gasteiger partial charge in [-0.25, -0.2) is 0 Å². The van der Waals surface area contributed by atoms with E-state index in [0.717, 1.165) is 0 Å². The van der Waals surface area contributed by atoms with Gasteiger partial charge in [0.2, 0.25) is 5.88 Å². The Labute approximate surface area is 130 Å². The molecule has 1 aromatic heterocycles. The number of H-pyrrole nitrogens is 1. The van der Waals surface area contributed by atoms with Crippen LogP contribution in [0.25, 0.3) is 10.8 Å². The Morgan fingerprint density at radius 2 is 1.68 bits per heavy atom. The third-order valence-corrected chi connectivity index (χ3v) is 3.49. The lowest BCUT2D eigenvalue weighted by molar-refractivity contribution is 0.102. The molecule has 0 spiro atoms. The summed E-state index contributed by atoms with van der Waals surface area (Å²) >= 11 is 5.79. The molecular weight excluding hydrogens is 304 g/mol. The van der Waals surface area contributed by atoms with Crippen LogP contribution in [0.5, 0.6) is 5.88 Å². The molecule has 1 amide bonds. The van der Waals surface area contributed by atoms with Crippen LogP contribution in [0.4, 0.5) is 5.69 Å². The number of aromatic amines is 1. The molecular formula is C16H11ClN2O3. The summed E-state index contributed by atoms with van der Waals surface area (Å²) in [7, 11) is 0. The van der Waals surface area contributed by atoms with Crippen molar-refractivity contribution >= 4 is 34.0 Å². The molecule has 0 atom stereocenters. The molecule has 0 radical (unpaired) electrons. The minimum absolute atomic E-state index is 0.0187. The Kier molecular flexibility index (Phi) is 3.56. The average Bonchev–Trinajstić information content (AvgIpc) is 2.49. The molecule has 22 heavy (non-hydrogen) atoms. The molecule has 6 heteroatoms. The molecule has 3 rings (SSSR count). The number of amides is 1. The molecule has 3 aromatic rings. The zero-order chi connectivity index (χ0) is 15.7. The number of hydrogen-bond donors (Lipinski definition) is 3. The summed E-state index contributed by atoms with van der Waals surface area (Å²) in [6.45, 7) is 0. The largest absolute Gasteiger partial charge is 0.494 e. The zero-order valence-electron chi connectivity index (χ0n) is 11.3. The first-order chi connectivity index (χ1) is 10.6. The van der Waals surface area contributed by atoms with Crippen LogP contribution >= 0.6 is 11.6 Å². The summed E-state index contributed by atoms with van der Waals surface area (Å²) in [6, 6.07) is 13.2. The van der Waals surface area contributed by atoms with Gasteiger partial charge < -0.3 is 10.4 Å². The van der Waals surface area contributed by atoms with Crippen molar-refractivity contribution in [3.8, 4) is 5.88 Å². The number of rotatable bonds is 2. The van der Waals surface area contributed by atoms with Crippen molar-refractivity contribution in [2.24, 2.45) is 0 Å². The SMILES string of the molecule is O=C(Nc1ccc(Cl)cc1)c1c(O)[nH]c(=O)c2ccccc12. The Morgan fingerprint density at radius 1 is 1.05 bits per heavy atom. The number of pyridine rings is 1. The fourth-order valence-corrected chi connectivity index (χ4v) is 2.35. The number of hydrogen-bond acceptors (Lipinski definition) is 3. The van der Waals surface area contributed by atoms with E-state index in [9.17, 15) is 14.7 Å². The van der Waals surface area contributed by atoms with Gasteiger partial charge in [-0.1, -0.05) is 29.8 Å². The van der Waals surface area contributed by atoms with E-state index in [0.29, 0.717) is 21.5 Å².